The second kappa shape index (κ2) is 10.5. The van der Waals surface area contributed by atoms with E-state index in [4.69, 9.17) is 4.74 Å². The van der Waals surface area contributed by atoms with Crippen LogP contribution in [-0.2, 0) is 16.0 Å². The highest BCUT2D eigenvalue weighted by Crippen LogP contribution is 2.52. The zero-order chi connectivity index (χ0) is 21.1. The lowest BCUT2D eigenvalue weighted by molar-refractivity contribution is -0.140. The van der Waals surface area contributed by atoms with Gasteiger partial charge in [-0.1, -0.05) is 24.3 Å². The molecule has 31 heavy (non-hydrogen) atoms. The predicted molar refractivity (Wildman–Crippen MR) is 131 cm³/mol. The van der Waals surface area contributed by atoms with Gasteiger partial charge < -0.3 is 15.4 Å². The van der Waals surface area contributed by atoms with E-state index in [1.165, 1.54) is 10.5 Å². The molecule has 2 aliphatic carbocycles. The van der Waals surface area contributed by atoms with Gasteiger partial charge in [-0.3, -0.25) is 19.5 Å². The lowest BCUT2D eigenvalue weighted by atomic mass is 9.85. The average Bonchev–Trinajstić information content (AvgIpc) is 3.43. The maximum Gasteiger partial charge on any atom is 0.233 e. The molecule has 4 atom stereocenters. The first-order chi connectivity index (χ1) is 14.6. The molecule has 1 aromatic rings. The largest absolute Gasteiger partial charge is 0.494 e. The number of fused-ring (bicyclic) bond motifs is 5. The zero-order valence-electron chi connectivity index (χ0n) is 18.0. The molecule has 4 rings (SSSR count). The minimum Gasteiger partial charge on any atom is -0.494 e. The van der Waals surface area contributed by atoms with Gasteiger partial charge in [0.2, 0.25) is 11.8 Å². The third kappa shape index (κ3) is 4.88. The number of allylic oxidation sites excluding steroid dienone is 2. The number of carbonyl (C=O) groups excluding carboxylic acids is 2. The Bertz CT molecular complexity index is 842. The summed E-state index contributed by atoms with van der Waals surface area (Å²) < 4.78 is 5.54. The molecule has 4 unspecified atom stereocenters. The number of hydrogen-bond donors (Lipinski definition) is 2. The van der Waals surface area contributed by atoms with Gasteiger partial charge in [0.25, 0.3) is 0 Å². The van der Waals surface area contributed by atoms with Gasteiger partial charge in [0.15, 0.2) is 5.96 Å². The Morgan fingerprint density at radius 2 is 1.81 bits per heavy atom. The highest BCUT2D eigenvalue weighted by atomic mass is 127. The van der Waals surface area contributed by atoms with Crippen LogP contribution >= 0.6 is 24.0 Å². The second-order valence-corrected chi connectivity index (χ2v) is 8.08. The summed E-state index contributed by atoms with van der Waals surface area (Å²) in [5, 5.41) is 6.49. The number of hydrogen-bond acceptors (Lipinski definition) is 4. The number of rotatable bonds is 8. The Labute approximate surface area is 200 Å². The van der Waals surface area contributed by atoms with Gasteiger partial charge in [-0.25, -0.2) is 0 Å². The molecule has 2 amide bonds. The Morgan fingerprint density at radius 3 is 2.45 bits per heavy atom. The third-order valence-electron chi connectivity index (χ3n) is 6.33. The van der Waals surface area contributed by atoms with E-state index in [-0.39, 0.29) is 59.5 Å². The fourth-order valence-electron chi connectivity index (χ4n) is 4.97. The molecular formula is C23H31IN4O3. The number of halogens is 1. The molecule has 2 bridgehead atoms. The van der Waals surface area contributed by atoms with Crippen LogP contribution < -0.4 is 15.4 Å². The molecule has 0 aromatic heterocycles. The zero-order valence-corrected chi connectivity index (χ0v) is 20.4. The highest BCUT2D eigenvalue weighted by Gasteiger charge is 2.58. The third-order valence-corrected chi connectivity index (χ3v) is 6.33. The number of ether oxygens (including phenoxy) is 1. The first-order valence-corrected chi connectivity index (χ1v) is 10.8. The number of nitrogens with one attached hydrogen (secondary N) is 2. The molecule has 7 nitrogen and oxygen atoms in total. The SMILES string of the molecule is CCOc1cccc(CCNC(=NC)NCCN2C(=O)C3C4C=CC(C4)C3C2=O)c1.I. The minimum absolute atomic E-state index is 0. The second-order valence-electron chi connectivity index (χ2n) is 8.08. The lowest BCUT2D eigenvalue weighted by Crippen LogP contribution is -2.44. The van der Waals surface area contributed by atoms with Gasteiger partial charge in [-0.2, -0.15) is 0 Å². The van der Waals surface area contributed by atoms with Gasteiger partial charge in [0.05, 0.1) is 18.4 Å². The van der Waals surface area contributed by atoms with E-state index >= 15 is 0 Å². The topological polar surface area (TPSA) is 83.0 Å². The summed E-state index contributed by atoms with van der Waals surface area (Å²) in [6.45, 7) is 4.21. The van der Waals surface area contributed by atoms with Crippen LogP contribution in [0.15, 0.2) is 41.4 Å². The Hall–Kier alpha value is -2.10. The predicted octanol–water partition coefficient (Wildman–Crippen LogP) is 2.22. The van der Waals surface area contributed by atoms with Gasteiger partial charge in [-0.15, -0.1) is 24.0 Å². The van der Waals surface area contributed by atoms with Crippen LogP contribution in [0.5, 0.6) is 5.75 Å². The monoisotopic (exact) mass is 538 g/mol. The summed E-state index contributed by atoms with van der Waals surface area (Å²) in [6, 6.07) is 8.07. The summed E-state index contributed by atoms with van der Waals surface area (Å²) in [5.41, 5.74) is 1.19. The van der Waals surface area contributed by atoms with Gasteiger partial charge in [-0.05, 0) is 49.3 Å². The van der Waals surface area contributed by atoms with Crippen molar-refractivity contribution in [2.24, 2.45) is 28.7 Å². The van der Waals surface area contributed by atoms with E-state index in [0.717, 1.165) is 25.1 Å². The fraction of sp³-hybridized carbons (Fsp3) is 0.522. The number of imide groups is 1. The standard InChI is InChI=1S/C23H30N4O3.HI/c1-3-30-18-6-4-5-15(13-18)9-10-25-23(24-2)26-11-12-27-21(28)19-16-7-8-17(14-16)20(19)22(27)29;/h4-8,13,16-17,19-20H,3,9-12,14H2,1-2H3,(H2,24,25,26);1H. The van der Waals surface area contributed by atoms with E-state index in [9.17, 15) is 9.59 Å². The van der Waals surface area contributed by atoms with Crippen LogP contribution in [0.4, 0.5) is 0 Å². The highest BCUT2D eigenvalue weighted by molar-refractivity contribution is 14.0. The number of nitrogens with zero attached hydrogens (tertiary/aromatic N) is 2. The molecule has 0 radical (unpaired) electrons. The van der Waals surface area contributed by atoms with Crippen molar-refractivity contribution in [1.82, 2.24) is 15.5 Å². The molecular weight excluding hydrogens is 507 g/mol. The number of benzene rings is 1. The number of carbonyl (C=O) groups is 2. The molecule has 168 valence electrons. The van der Waals surface area contributed by atoms with Crippen molar-refractivity contribution in [3.8, 4) is 5.75 Å². The minimum atomic E-state index is -0.127. The molecule has 3 aliphatic rings. The van der Waals surface area contributed by atoms with Crippen molar-refractivity contribution in [2.75, 3.05) is 33.3 Å². The lowest BCUT2D eigenvalue weighted by Gasteiger charge is -2.18. The molecule has 1 aliphatic heterocycles. The van der Waals surface area contributed by atoms with Crippen LogP contribution in [0.1, 0.15) is 18.9 Å². The van der Waals surface area contributed by atoms with E-state index in [1.54, 1.807) is 7.05 Å². The first kappa shape index (κ1) is 23.6. The summed E-state index contributed by atoms with van der Waals surface area (Å²) >= 11 is 0. The molecule has 1 saturated carbocycles. The molecule has 1 heterocycles. The summed E-state index contributed by atoms with van der Waals surface area (Å²) in [5.74, 6) is 1.80. The molecule has 2 N–H and O–H groups in total. The quantitative estimate of drug-likeness (QED) is 0.175. The molecule has 1 aromatic carbocycles. The van der Waals surface area contributed by atoms with Crippen LogP contribution in [0.2, 0.25) is 0 Å². The smallest absolute Gasteiger partial charge is 0.233 e. The Morgan fingerprint density at radius 1 is 1.13 bits per heavy atom. The maximum absolute atomic E-state index is 12.7. The fourth-order valence-corrected chi connectivity index (χ4v) is 4.97. The van der Waals surface area contributed by atoms with Crippen molar-refractivity contribution in [1.29, 1.82) is 0 Å². The number of guanidine groups is 1. The van der Waals surface area contributed by atoms with Crippen molar-refractivity contribution < 1.29 is 14.3 Å². The Balaban J connectivity index is 0.00000272. The van der Waals surface area contributed by atoms with Gasteiger partial charge >= 0.3 is 0 Å². The van der Waals surface area contributed by atoms with Crippen LogP contribution in [0.25, 0.3) is 0 Å². The van der Waals surface area contributed by atoms with Crippen LogP contribution in [0, 0.1) is 23.7 Å². The summed E-state index contributed by atoms with van der Waals surface area (Å²) in [4.78, 5) is 31.1. The van der Waals surface area contributed by atoms with Crippen molar-refractivity contribution in [2.45, 2.75) is 19.8 Å². The molecule has 2 fully saturated rings. The number of aliphatic imine (C=N–C) groups is 1. The van der Waals surface area contributed by atoms with Crippen molar-refractivity contribution >= 4 is 41.8 Å². The van der Waals surface area contributed by atoms with Gasteiger partial charge in [0.1, 0.15) is 5.75 Å². The van der Waals surface area contributed by atoms with Gasteiger partial charge in [0, 0.05) is 26.7 Å². The summed E-state index contributed by atoms with van der Waals surface area (Å²) in [6.07, 6.45) is 6.04. The van der Waals surface area contributed by atoms with E-state index in [2.05, 4.69) is 33.8 Å². The Kier molecular flexibility index (Phi) is 7.96. The normalized spacial score (nSPS) is 26.1. The van der Waals surface area contributed by atoms with Crippen molar-refractivity contribution in [3.63, 3.8) is 0 Å². The number of amides is 2. The molecule has 0 spiro atoms. The van der Waals surface area contributed by atoms with Crippen LogP contribution in [-0.4, -0.2) is 56.0 Å². The average molecular weight is 538 g/mol. The van der Waals surface area contributed by atoms with E-state index in [0.29, 0.717) is 25.7 Å². The molecule has 8 heteroatoms. The maximum atomic E-state index is 12.7. The molecule has 1 saturated heterocycles. The number of likely N-dealkylation sites (tertiary alicyclic amines) is 1. The summed E-state index contributed by atoms with van der Waals surface area (Å²) in [7, 11) is 1.71. The van der Waals surface area contributed by atoms with Crippen molar-refractivity contribution in [3.05, 3.63) is 42.0 Å². The van der Waals surface area contributed by atoms with E-state index < -0.39 is 0 Å². The first-order valence-electron chi connectivity index (χ1n) is 10.8. The van der Waals surface area contributed by atoms with Crippen LogP contribution in [0.3, 0.4) is 0 Å². The van der Waals surface area contributed by atoms with E-state index in [1.807, 2.05) is 25.1 Å².